The summed E-state index contributed by atoms with van der Waals surface area (Å²) in [6.45, 7) is 0.563. The maximum atomic E-state index is 11.3. The zero-order valence-electron chi connectivity index (χ0n) is 10.6. The zero-order valence-corrected chi connectivity index (χ0v) is 10.6. The van der Waals surface area contributed by atoms with Crippen molar-refractivity contribution in [3.63, 3.8) is 0 Å². The number of carbonyl (C=O) groups is 2. The molecule has 19 heavy (non-hydrogen) atoms. The number of nitrogens with zero attached hydrogens (tertiary/aromatic N) is 2. The molecule has 0 saturated carbocycles. The molecule has 2 aromatic rings. The summed E-state index contributed by atoms with van der Waals surface area (Å²) in [6.07, 6.45) is 4.21. The lowest BCUT2D eigenvalue weighted by atomic mass is 10.0. The molecule has 0 aliphatic heterocycles. The van der Waals surface area contributed by atoms with Crippen LogP contribution in [0.15, 0.2) is 36.8 Å². The highest BCUT2D eigenvalue weighted by atomic mass is 16.5. The number of methoxy groups -OCH3 is 1. The molecule has 1 aromatic heterocycles. The number of aldehydes is 1. The first-order valence-corrected chi connectivity index (χ1v) is 5.83. The minimum absolute atomic E-state index is 0.238. The standard InChI is InChI=1S/C14H14N2O3/c1-19-14(18)6-11-4-2-3-5-12(11)7-16-8-13(9-17)15-10-16/h2-5,8-10H,6-7H2,1H3. The Morgan fingerprint density at radius 2 is 2.11 bits per heavy atom. The Morgan fingerprint density at radius 1 is 1.37 bits per heavy atom. The van der Waals surface area contributed by atoms with E-state index >= 15 is 0 Å². The van der Waals surface area contributed by atoms with Crippen molar-refractivity contribution in [1.29, 1.82) is 0 Å². The van der Waals surface area contributed by atoms with E-state index in [1.54, 1.807) is 17.1 Å². The quantitative estimate of drug-likeness (QED) is 0.601. The molecule has 2 rings (SSSR count). The third-order valence-electron chi connectivity index (χ3n) is 2.81. The van der Waals surface area contributed by atoms with Crippen molar-refractivity contribution in [2.24, 2.45) is 0 Å². The van der Waals surface area contributed by atoms with Gasteiger partial charge in [0.25, 0.3) is 0 Å². The number of esters is 1. The number of imidazole rings is 1. The summed E-state index contributed by atoms with van der Waals surface area (Å²) in [6, 6.07) is 7.63. The minimum atomic E-state index is -0.272. The van der Waals surface area contributed by atoms with E-state index in [4.69, 9.17) is 0 Å². The largest absolute Gasteiger partial charge is 0.469 e. The summed E-state index contributed by atoms with van der Waals surface area (Å²) in [4.78, 5) is 25.9. The average Bonchev–Trinajstić information content (AvgIpc) is 2.88. The molecule has 0 aliphatic carbocycles. The van der Waals surface area contributed by atoms with Crippen LogP contribution < -0.4 is 0 Å². The van der Waals surface area contributed by atoms with Crippen LogP contribution in [0.5, 0.6) is 0 Å². The van der Waals surface area contributed by atoms with Gasteiger partial charge in [-0.3, -0.25) is 9.59 Å². The summed E-state index contributed by atoms with van der Waals surface area (Å²) in [7, 11) is 1.37. The van der Waals surface area contributed by atoms with Crippen molar-refractivity contribution in [2.45, 2.75) is 13.0 Å². The molecule has 0 N–H and O–H groups in total. The maximum absolute atomic E-state index is 11.3. The molecule has 5 heteroatoms. The number of carbonyl (C=O) groups excluding carboxylic acids is 2. The molecule has 0 atom stereocenters. The van der Waals surface area contributed by atoms with Gasteiger partial charge < -0.3 is 9.30 Å². The Balaban J connectivity index is 2.19. The van der Waals surface area contributed by atoms with Gasteiger partial charge in [0.2, 0.25) is 0 Å². The van der Waals surface area contributed by atoms with Crippen LogP contribution in [-0.4, -0.2) is 28.9 Å². The number of rotatable bonds is 5. The van der Waals surface area contributed by atoms with Gasteiger partial charge in [-0.25, -0.2) is 4.98 Å². The van der Waals surface area contributed by atoms with Gasteiger partial charge in [0, 0.05) is 12.7 Å². The van der Waals surface area contributed by atoms with Crippen LogP contribution in [0.3, 0.4) is 0 Å². The molecule has 98 valence electrons. The van der Waals surface area contributed by atoms with Crippen molar-refractivity contribution in [1.82, 2.24) is 9.55 Å². The highest BCUT2D eigenvalue weighted by Crippen LogP contribution is 2.12. The van der Waals surface area contributed by atoms with E-state index in [0.29, 0.717) is 18.5 Å². The van der Waals surface area contributed by atoms with Crippen molar-refractivity contribution < 1.29 is 14.3 Å². The second-order valence-electron chi connectivity index (χ2n) is 4.11. The number of benzene rings is 1. The van der Waals surface area contributed by atoms with Gasteiger partial charge in [0.05, 0.1) is 19.9 Å². The zero-order chi connectivity index (χ0) is 13.7. The summed E-state index contributed by atoms with van der Waals surface area (Å²) in [5, 5.41) is 0. The molecule has 0 spiro atoms. The van der Waals surface area contributed by atoms with Gasteiger partial charge in [0.15, 0.2) is 6.29 Å². The van der Waals surface area contributed by atoms with E-state index in [1.165, 1.54) is 7.11 Å². The lowest BCUT2D eigenvalue weighted by Crippen LogP contribution is -2.08. The molecule has 0 amide bonds. The van der Waals surface area contributed by atoms with Crippen LogP contribution in [-0.2, 0) is 22.5 Å². The van der Waals surface area contributed by atoms with Crippen LogP contribution in [0.25, 0.3) is 0 Å². The van der Waals surface area contributed by atoms with Gasteiger partial charge >= 0.3 is 5.97 Å². The van der Waals surface area contributed by atoms with Gasteiger partial charge in [-0.1, -0.05) is 24.3 Å². The molecular weight excluding hydrogens is 244 g/mol. The summed E-state index contributed by atoms with van der Waals surface area (Å²) in [5.74, 6) is -0.272. The molecule has 1 aromatic carbocycles. The van der Waals surface area contributed by atoms with Gasteiger partial charge in [-0.15, -0.1) is 0 Å². The Morgan fingerprint density at radius 3 is 2.74 bits per heavy atom. The van der Waals surface area contributed by atoms with Crippen LogP contribution in [0.4, 0.5) is 0 Å². The number of aromatic nitrogens is 2. The SMILES string of the molecule is COC(=O)Cc1ccccc1Cn1cnc(C=O)c1. The Kier molecular flexibility index (Phi) is 4.07. The summed E-state index contributed by atoms with van der Waals surface area (Å²) >= 11 is 0. The molecule has 0 bridgehead atoms. The van der Waals surface area contributed by atoms with E-state index in [2.05, 4.69) is 9.72 Å². The van der Waals surface area contributed by atoms with E-state index in [1.807, 2.05) is 24.3 Å². The number of hydrogen-bond acceptors (Lipinski definition) is 4. The fraction of sp³-hybridized carbons (Fsp3) is 0.214. The first-order chi connectivity index (χ1) is 9.22. The smallest absolute Gasteiger partial charge is 0.309 e. The fourth-order valence-electron chi connectivity index (χ4n) is 1.83. The molecule has 0 fully saturated rings. The molecule has 0 radical (unpaired) electrons. The molecule has 0 unspecified atom stereocenters. The van der Waals surface area contributed by atoms with E-state index in [9.17, 15) is 9.59 Å². The van der Waals surface area contributed by atoms with Crippen LogP contribution in [0, 0.1) is 0 Å². The lowest BCUT2D eigenvalue weighted by Gasteiger charge is -2.09. The highest BCUT2D eigenvalue weighted by Gasteiger charge is 2.08. The predicted octanol–water partition coefficient (Wildman–Crippen LogP) is 1.46. The minimum Gasteiger partial charge on any atom is -0.469 e. The summed E-state index contributed by atoms with van der Waals surface area (Å²) < 4.78 is 6.48. The number of ether oxygens (including phenoxy) is 1. The predicted molar refractivity (Wildman–Crippen MR) is 68.9 cm³/mol. The van der Waals surface area contributed by atoms with E-state index < -0.39 is 0 Å². The highest BCUT2D eigenvalue weighted by molar-refractivity contribution is 5.73. The Labute approximate surface area is 110 Å². The summed E-state index contributed by atoms with van der Waals surface area (Å²) in [5.41, 5.74) is 2.31. The molecular formula is C14H14N2O3. The topological polar surface area (TPSA) is 61.2 Å². The van der Waals surface area contributed by atoms with Crippen molar-refractivity contribution in [3.8, 4) is 0 Å². The first kappa shape index (κ1) is 13.0. The van der Waals surface area contributed by atoms with Gasteiger partial charge in [0.1, 0.15) is 5.69 Å². The Hall–Kier alpha value is -2.43. The van der Waals surface area contributed by atoms with Crippen LogP contribution in [0.1, 0.15) is 21.6 Å². The molecule has 0 aliphatic rings. The van der Waals surface area contributed by atoms with Gasteiger partial charge in [-0.05, 0) is 11.1 Å². The van der Waals surface area contributed by atoms with E-state index in [-0.39, 0.29) is 12.4 Å². The first-order valence-electron chi connectivity index (χ1n) is 5.83. The van der Waals surface area contributed by atoms with Crippen LogP contribution >= 0.6 is 0 Å². The van der Waals surface area contributed by atoms with Gasteiger partial charge in [-0.2, -0.15) is 0 Å². The van der Waals surface area contributed by atoms with Crippen LogP contribution in [0.2, 0.25) is 0 Å². The third kappa shape index (κ3) is 3.28. The number of hydrogen-bond donors (Lipinski definition) is 0. The van der Waals surface area contributed by atoms with Crippen molar-refractivity contribution in [3.05, 3.63) is 53.6 Å². The molecule has 1 heterocycles. The van der Waals surface area contributed by atoms with E-state index in [0.717, 1.165) is 11.1 Å². The monoisotopic (exact) mass is 258 g/mol. The third-order valence-corrected chi connectivity index (χ3v) is 2.81. The Bertz CT molecular complexity index is 590. The lowest BCUT2D eigenvalue weighted by molar-refractivity contribution is -0.139. The molecule has 0 saturated heterocycles. The normalized spacial score (nSPS) is 10.2. The fourth-order valence-corrected chi connectivity index (χ4v) is 1.83. The van der Waals surface area contributed by atoms with Crippen molar-refractivity contribution in [2.75, 3.05) is 7.11 Å². The molecule has 5 nitrogen and oxygen atoms in total. The van der Waals surface area contributed by atoms with Crippen molar-refractivity contribution >= 4 is 12.3 Å². The second-order valence-corrected chi connectivity index (χ2v) is 4.11. The average molecular weight is 258 g/mol. The second kappa shape index (κ2) is 5.95. The maximum Gasteiger partial charge on any atom is 0.309 e.